The van der Waals surface area contributed by atoms with Crippen LogP contribution in [0.2, 0.25) is 0 Å². The van der Waals surface area contributed by atoms with Crippen LogP contribution in [-0.4, -0.2) is 24.2 Å². The van der Waals surface area contributed by atoms with Gasteiger partial charge in [0.2, 0.25) is 0 Å². The molecule has 1 aromatic carbocycles. The lowest BCUT2D eigenvalue weighted by atomic mass is 9.36. The first-order valence-corrected chi connectivity index (χ1v) is 18.3. The van der Waals surface area contributed by atoms with Crippen LogP contribution in [0.15, 0.2) is 23.8 Å². The largest absolute Gasteiger partial charge is 0.716 e. The first-order valence-electron chi connectivity index (χ1n) is 17.0. The van der Waals surface area contributed by atoms with Gasteiger partial charge in [-0.05, 0) is 147 Å². The van der Waals surface area contributed by atoms with Gasteiger partial charge in [0.1, 0.15) is 5.75 Å². The molecule has 6 rings (SSSR count). The maximum absolute atomic E-state index is 11.7. The van der Waals surface area contributed by atoms with Crippen LogP contribution in [0.25, 0.3) is 0 Å². The highest BCUT2D eigenvalue weighted by Gasteiger charge is 2.67. The summed E-state index contributed by atoms with van der Waals surface area (Å²) in [4.78, 5) is 0. The van der Waals surface area contributed by atoms with Gasteiger partial charge >= 0.3 is 0 Å². The second-order valence-corrected chi connectivity index (χ2v) is 18.2. The van der Waals surface area contributed by atoms with Gasteiger partial charge in [0.15, 0.2) is 0 Å². The summed E-state index contributed by atoms with van der Waals surface area (Å²) in [6, 6.07) is 3.61. The fourth-order valence-electron chi connectivity index (χ4n) is 12.6. The summed E-state index contributed by atoms with van der Waals surface area (Å²) in [6.07, 6.45) is 14.0. The van der Waals surface area contributed by atoms with E-state index in [2.05, 4.69) is 61.5 Å². The topological polar surface area (TPSA) is 86.7 Å². The van der Waals surface area contributed by atoms with Gasteiger partial charge in [-0.2, -0.15) is 0 Å². The van der Waals surface area contributed by atoms with Gasteiger partial charge in [0, 0.05) is 11.0 Å². The minimum atomic E-state index is -4.86. The Morgan fingerprint density at radius 2 is 1.56 bits per heavy atom. The van der Waals surface area contributed by atoms with Crippen LogP contribution in [0.1, 0.15) is 129 Å². The fraction of sp³-hybridized carbons (Fsp3) is 0.784. The number of aryl methyl sites for hydroxylation is 1. The van der Waals surface area contributed by atoms with E-state index in [1.165, 1.54) is 18.4 Å². The van der Waals surface area contributed by atoms with Gasteiger partial charge < -0.3 is 13.8 Å². The van der Waals surface area contributed by atoms with Crippen LogP contribution in [-0.2, 0) is 22.2 Å². The molecule has 1 aromatic rings. The summed E-state index contributed by atoms with van der Waals surface area (Å²) >= 11 is 0. The van der Waals surface area contributed by atoms with Crippen molar-refractivity contribution < 1.29 is 22.3 Å². The number of benzene rings is 1. The third kappa shape index (κ3) is 4.70. The summed E-state index contributed by atoms with van der Waals surface area (Å²) in [7, 11) is -4.86. The van der Waals surface area contributed by atoms with E-state index >= 15 is 0 Å². The third-order valence-electron chi connectivity index (χ3n) is 14.8. The van der Waals surface area contributed by atoms with Crippen molar-refractivity contribution in [2.24, 2.45) is 45.3 Å². The first kappa shape index (κ1) is 31.6. The highest BCUT2D eigenvalue weighted by atomic mass is 32.3. The standard InChI is InChI=1S/C37H56O5S/c1-23-11-12-27(42-43(39,40)41)32-25(23)22-30-35(6)19-14-29-34(5,28(35)15-20-37(30,32)8)21-16-31(38)36(29,7)18-13-26-24(2)10-9-17-33(26,3)4/h10-12,26,28-31,38H,9,13-22H2,1-8H3,(H,39,40,41)/p-1/t26-,28-,29-,30+,31+,34-,35-,36+,37+/m1/s1. The molecule has 5 aliphatic rings. The molecular weight excluding hydrogens is 556 g/mol. The monoisotopic (exact) mass is 611 g/mol. The Morgan fingerprint density at radius 1 is 0.907 bits per heavy atom. The van der Waals surface area contributed by atoms with E-state index in [9.17, 15) is 18.1 Å². The Morgan fingerprint density at radius 3 is 2.23 bits per heavy atom. The molecule has 0 radical (unpaired) electrons. The highest BCUT2D eigenvalue weighted by Crippen LogP contribution is 2.73. The van der Waals surface area contributed by atoms with Crippen molar-refractivity contribution >= 4 is 10.4 Å². The first-order chi connectivity index (χ1) is 19.9. The van der Waals surface area contributed by atoms with Gasteiger partial charge in [-0.3, -0.25) is 0 Å². The molecular formula is C37H55O5S-. The lowest BCUT2D eigenvalue weighted by Gasteiger charge is -2.68. The van der Waals surface area contributed by atoms with Crippen LogP contribution in [0.5, 0.6) is 5.75 Å². The van der Waals surface area contributed by atoms with Crippen LogP contribution in [0.3, 0.4) is 0 Å². The zero-order chi connectivity index (χ0) is 31.4. The minimum absolute atomic E-state index is 0.0885. The Bertz CT molecular complexity index is 1430. The van der Waals surface area contributed by atoms with E-state index in [1.807, 2.05) is 6.07 Å². The number of hydrogen-bond acceptors (Lipinski definition) is 5. The Hall–Kier alpha value is -1.37. The average Bonchev–Trinajstić information content (AvgIpc) is 3.22. The summed E-state index contributed by atoms with van der Waals surface area (Å²) in [6.45, 7) is 19.1. The molecule has 0 heterocycles. The second kappa shape index (κ2) is 10.1. The Balaban J connectivity index is 1.32. The molecule has 5 nitrogen and oxygen atoms in total. The summed E-state index contributed by atoms with van der Waals surface area (Å²) in [5, 5.41) is 11.7. The molecule has 3 saturated carbocycles. The molecule has 0 spiro atoms. The van der Waals surface area contributed by atoms with Crippen LogP contribution >= 0.6 is 0 Å². The van der Waals surface area contributed by atoms with Gasteiger partial charge in [-0.1, -0.05) is 59.3 Å². The van der Waals surface area contributed by atoms with E-state index in [1.54, 1.807) is 11.6 Å². The molecule has 0 saturated heterocycles. The quantitative estimate of drug-likeness (QED) is 0.205. The molecule has 0 unspecified atom stereocenters. The number of fused-ring (bicyclic) bond motifs is 7. The maximum Gasteiger partial charge on any atom is 0.262 e. The van der Waals surface area contributed by atoms with E-state index in [0.717, 1.165) is 68.9 Å². The molecule has 9 atom stereocenters. The van der Waals surface area contributed by atoms with Crippen molar-refractivity contribution in [3.63, 3.8) is 0 Å². The summed E-state index contributed by atoms with van der Waals surface area (Å²) in [5.74, 6) is 2.21. The Labute approximate surface area is 261 Å². The van der Waals surface area contributed by atoms with Crippen molar-refractivity contribution in [3.05, 3.63) is 40.5 Å². The maximum atomic E-state index is 11.7. The van der Waals surface area contributed by atoms with E-state index < -0.39 is 10.4 Å². The van der Waals surface area contributed by atoms with Crippen molar-refractivity contribution in [2.75, 3.05) is 0 Å². The molecule has 240 valence electrons. The molecule has 1 N–H and O–H groups in total. The smallest absolute Gasteiger partial charge is 0.262 e. The molecule has 0 aromatic heterocycles. The fourth-order valence-corrected chi connectivity index (χ4v) is 13.0. The zero-order valence-electron chi connectivity index (χ0n) is 27.9. The van der Waals surface area contributed by atoms with E-state index in [0.29, 0.717) is 29.1 Å². The van der Waals surface area contributed by atoms with Crippen LogP contribution in [0, 0.1) is 52.3 Å². The molecule has 0 bridgehead atoms. The third-order valence-corrected chi connectivity index (χ3v) is 15.2. The Kier molecular flexibility index (Phi) is 7.40. The van der Waals surface area contributed by atoms with E-state index in [4.69, 9.17) is 4.18 Å². The number of aliphatic hydroxyl groups is 1. The summed E-state index contributed by atoms with van der Waals surface area (Å²) in [5.41, 5.74) is 5.06. The number of hydrogen-bond donors (Lipinski definition) is 1. The van der Waals surface area contributed by atoms with Crippen molar-refractivity contribution in [1.82, 2.24) is 0 Å². The predicted octanol–water partition coefficient (Wildman–Crippen LogP) is 8.42. The normalized spacial score (nSPS) is 43.6. The minimum Gasteiger partial charge on any atom is -0.716 e. The molecule has 0 aliphatic heterocycles. The number of allylic oxidation sites excluding steroid dienone is 2. The molecule has 0 amide bonds. The highest BCUT2D eigenvalue weighted by molar-refractivity contribution is 7.81. The predicted molar refractivity (Wildman–Crippen MR) is 171 cm³/mol. The zero-order valence-corrected chi connectivity index (χ0v) is 28.7. The van der Waals surface area contributed by atoms with Gasteiger partial charge in [0.05, 0.1) is 6.10 Å². The van der Waals surface area contributed by atoms with Gasteiger partial charge in [-0.25, -0.2) is 8.42 Å². The number of aliphatic hydroxyl groups excluding tert-OH is 1. The average molecular weight is 612 g/mol. The van der Waals surface area contributed by atoms with Gasteiger partial charge in [0.25, 0.3) is 10.4 Å². The van der Waals surface area contributed by atoms with Crippen molar-refractivity contribution in [3.8, 4) is 5.75 Å². The lowest BCUT2D eigenvalue weighted by Crippen LogP contribution is -2.63. The van der Waals surface area contributed by atoms with E-state index in [-0.39, 0.29) is 33.5 Å². The molecule has 5 aliphatic carbocycles. The summed E-state index contributed by atoms with van der Waals surface area (Å²) < 4.78 is 40.3. The van der Waals surface area contributed by atoms with Gasteiger partial charge in [-0.15, -0.1) is 0 Å². The molecule has 6 heteroatoms. The molecule has 3 fully saturated rings. The SMILES string of the molecule is CC1=CCCC(C)(C)[C@@H]1CC[C@@]1(C)[C@@H]2CC[C@]3(C)[C@H](CC[C@]4(C)c5c(OS(=O)(=O)[O-])ccc(C)c5C[C@@H]34)[C@@]2(C)CC[C@@H]1O. The molecule has 43 heavy (non-hydrogen) atoms. The van der Waals surface area contributed by atoms with Crippen LogP contribution < -0.4 is 4.18 Å². The lowest BCUT2D eigenvalue weighted by molar-refractivity contribution is -0.208. The van der Waals surface area contributed by atoms with Crippen molar-refractivity contribution in [1.29, 1.82) is 0 Å². The van der Waals surface area contributed by atoms with Crippen LogP contribution in [0.4, 0.5) is 0 Å². The van der Waals surface area contributed by atoms with Crippen molar-refractivity contribution in [2.45, 2.75) is 138 Å². The second-order valence-electron chi connectivity index (χ2n) is 17.2. The number of rotatable bonds is 5.